The van der Waals surface area contributed by atoms with Gasteiger partial charge in [0, 0.05) is 0 Å². The van der Waals surface area contributed by atoms with Crippen LogP contribution in [-0.2, 0) is 0 Å². The van der Waals surface area contributed by atoms with Crippen LogP contribution in [0, 0.1) is 6.92 Å². The molecule has 0 N–H and O–H groups in total. The van der Waals surface area contributed by atoms with Gasteiger partial charge < -0.3 is 11.8 Å². The van der Waals surface area contributed by atoms with Crippen LogP contribution in [0.1, 0.15) is 19.3 Å². The Morgan fingerprint density at radius 2 is 1.78 bits per heavy atom. The summed E-state index contributed by atoms with van der Waals surface area (Å²) in [6.45, 7) is 4.97. The molecule has 0 aliphatic rings. The van der Waals surface area contributed by atoms with Crippen molar-refractivity contribution in [3.05, 3.63) is 6.92 Å². The first-order chi connectivity index (χ1) is 3.77. The summed E-state index contributed by atoms with van der Waals surface area (Å²) in [6.07, 6.45) is 3.63. The molecule has 9 heavy (non-hydrogen) atoms. The number of hydrogen-bond donors (Lipinski definition) is 0. The molecule has 0 spiro atoms. The summed E-state index contributed by atoms with van der Waals surface area (Å²) in [7, 11) is 4.20. The molecule has 50 valence electrons. The predicted octanol–water partition coefficient (Wildman–Crippen LogP) is -1.44. The Balaban J connectivity index is 0. The quantitative estimate of drug-likeness (QED) is 0.250. The van der Waals surface area contributed by atoms with E-state index in [0.717, 1.165) is 6.42 Å². The molecule has 0 atom stereocenters. The number of unbranched alkanes of at least 4 members (excludes halogenated alkanes) is 2. The fourth-order valence-electron chi connectivity index (χ4n) is 0.605. The van der Waals surface area contributed by atoms with E-state index in [2.05, 4.69) is 25.9 Å². The third kappa shape index (κ3) is 11.9. The van der Waals surface area contributed by atoms with Crippen LogP contribution in [-0.4, -0.2) is 25.5 Å². The van der Waals surface area contributed by atoms with E-state index in [-0.39, 0.29) is 18.9 Å². The maximum Gasteiger partial charge on any atom is 1.00 e. The molecule has 1 nitrogen and oxygen atoms in total. The molecule has 0 aromatic heterocycles. The Bertz CT molecular complexity index is 46.2. The molecule has 0 aromatic rings. The molecule has 0 aromatic carbocycles. The van der Waals surface area contributed by atoms with Gasteiger partial charge in [0.2, 0.25) is 0 Å². The standard InChI is InChI=1S/C7H16N.Li/c1-4-5-6-7-8(2)3;/h1,4-7H2,2-3H3;/q-1;+1. The molecule has 0 fully saturated rings. The molecule has 0 saturated carbocycles. The van der Waals surface area contributed by atoms with Gasteiger partial charge in [0.1, 0.15) is 0 Å². The summed E-state index contributed by atoms with van der Waals surface area (Å²) >= 11 is 0. The first kappa shape index (κ1) is 12.3. The zero-order valence-corrected chi connectivity index (χ0v) is 6.98. The molecule has 0 radical (unpaired) electrons. The van der Waals surface area contributed by atoms with Crippen LogP contribution in [0.15, 0.2) is 0 Å². The van der Waals surface area contributed by atoms with Gasteiger partial charge in [0.25, 0.3) is 0 Å². The van der Waals surface area contributed by atoms with E-state index in [0.29, 0.717) is 0 Å². The van der Waals surface area contributed by atoms with Crippen molar-refractivity contribution in [2.75, 3.05) is 20.6 Å². The van der Waals surface area contributed by atoms with E-state index in [1.165, 1.54) is 19.4 Å². The number of nitrogens with zero attached hydrogens (tertiary/aromatic N) is 1. The van der Waals surface area contributed by atoms with E-state index in [4.69, 9.17) is 0 Å². The Labute approximate surface area is 71.0 Å². The van der Waals surface area contributed by atoms with Gasteiger partial charge in [-0.05, 0) is 27.1 Å². The third-order valence-corrected chi connectivity index (χ3v) is 1.11. The van der Waals surface area contributed by atoms with Crippen LogP contribution in [0.25, 0.3) is 0 Å². The summed E-state index contributed by atoms with van der Waals surface area (Å²) in [4.78, 5) is 2.20. The summed E-state index contributed by atoms with van der Waals surface area (Å²) in [6, 6.07) is 0. The van der Waals surface area contributed by atoms with Crippen molar-refractivity contribution in [2.24, 2.45) is 0 Å². The molecule has 0 aliphatic heterocycles. The molecule has 0 aliphatic carbocycles. The van der Waals surface area contributed by atoms with Gasteiger partial charge in [-0.2, -0.15) is 6.42 Å². The molecular formula is C7H16LiN. The summed E-state index contributed by atoms with van der Waals surface area (Å²) in [5, 5.41) is 0. The fourth-order valence-corrected chi connectivity index (χ4v) is 0.605. The van der Waals surface area contributed by atoms with Crippen molar-refractivity contribution in [2.45, 2.75) is 19.3 Å². The Morgan fingerprint density at radius 3 is 2.11 bits per heavy atom. The van der Waals surface area contributed by atoms with Gasteiger partial charge >= 0.3 is 18.9 Å². The monoisotopic (exact) mass is 121 g/mol. The SMILES string of the molecule is [CH2-]CCCCN(C)C.[Li+]. The second-order valence-corrected chi connectivity index (χ2v) is 2.36. The van der Waals surface area contributed by atoms with Crippen molar-refractivity contribution in [3.63, 3.8) is 0 Å². The average molecular weight is 121 g/mol. The van der Waals surface area contributed by atoms with Crippen LogP contribution < -0.4 is 18.9 Å². The molecule has 2 heteroatoms. The van der Waals surface area contributed by atoms with E-state index in [1.54, 1.807) is 0 Å². The largest absolute Gasteiger partial charge is 1.00 e. The number of rotatable bonds is 4. The van der Waals surface area contributed by atoms with E-state index < -0.39 is 0 Å². The Morgan fingerprint density at radius 1 is 1.22 bits per heavy atom. The molecule has 0 heterocycles. The third-order valence-electron chi connectivity index (χ3n) is 1.11. The maximum absolute atomic E-state index is 3.76. The number of hydrogen-bond acceptors (Lipinski definition) is 1. The minimum Gasteiger partial charge on any atom is -0.343 e. The van der Waals surface area contributed by atoms with Crippen LogP contribution in [0.5, 0.6) is 0 Å². The Kier molecular flexibility index (Phi) is 11.7. The van der Waals surface area contributed by atoms with Crippen LogP contribution in [0.4, 0.5) is 0 Å². The second kappa shape index (κ2) is 8.56. The van der Waals surface area contributed by atoms with Crippen molar-refractivity contribution >= 4 is 0 Å². The van der Waals surface area contributed by atoms with Gasteiger partial charge in [-0.3, -0.25) is 0 Å². The summed E-state index contributed by atoms with van der Waals surface area (Å²) in [5.41, 5.74) is 0. The van der Waals surface area contributed by atoms with E-state index in [1.807, 2.05) is 0 Å². The predicted molar refractivity (Wildman–Crippen MR) is 37.8 cm³/mol. The molecule has 0 unspecified atom stereocenters. The fraction of sp³-hybridized carbons (Fsp3) is 0.857. The van der Waals surface area contributed by atoms with Gasteiger partial charge in [-0.15, -0.1) is 0 Å². The van der Waals surface area contributed by atoms with Gasteiger partial charge in [-0.1, -0.05) is 6.42 Å². The van der Waals surface area contributed by atoms with Crippen LogP contribution in [0.3, 0.4) is 0 Å². The summed E-state index contributed by atoms with van der Waals surface area (Å²) in [5.74, 6) is 0. The first-order valence-corrected chi connectivity index (χ1v) is 3.21. The summed E-state index contributed by atoms with van der Waals surface area (Å²) < 4.78 is 0. The van der Waals surface area contributed by atoms with E-state index in [9.17, 15) is 0 Å². The average Bonchev–Trinajstić information content (AvgIpc) is 1.66. The molecular weight excluding hydrogens is 105 g/mol. The Hall–Kier alpha value is 0.557. The molecule has 0 bridgehead atoms. The molecule has 0 saturated heterocycles. The molecule has 0 rings (SSSR count). The van der Waals surface area contributed by atoms with Gasteiger partial charge in [0.15, 0.2) is 0 Å². The van der Waals surface area contributed by atoms with Crippen LogP contribution >= 0.6 is 0 Å². The maximum atomic E-state index is 3.76. The van der Waals surface area contributed by atoms with Crippen molar-refractivity contribution in [1.29, 1.82) is 0 Å². The first-order valence-electron chi connectivity index (χ1n) is 3.21. The minimum atomic E-state index is 0. The normalized spacial score (nSPS) is 9.33. The smallest absolute Gasteiger partial charge is 0.343 e. The zero-order valence-electron chi connectivity index (χ0n) is 6.98. The van der Waals surface area contributed by atoms with Crippen molar-refractivity contribution < 1.29 is 18.9 Å². The second-order valence-electron chi connectivity index (χ2n) is 2.36. The molecule has 0 amide bonds. The van der Waals surface area contributed by atoms with E-state index >= 15 is 0 Å². The van der Waals surface area contributed by atoms with Gasteiger partial charge in [-0.25, -0.2) is 0 Å². The van der Waals surface area contributed by atoms with Crippen molar-refractivity contribution in [1.82, 2.24) is 4.90 Å². The van der Waals surface area contributed by atoms with Gasteiger partial charge in [0.05, 0.1) is 0 Å². The van der Waals surface area contributed by atoms with Crippen LogP contribution in [0.2, 0.25) is 0 Å². The minimum absolute atomic E-state index is 0. The van der Waals surface area contributed by atoms with Crippen molar-refractivity contribution in [3.8, 4) is 0 Å². The zero-order chi connectivity index (χ0) is 6.41. The topological polar surface area (TPSA) is 3.24 Å².